The van der Waals surface area contributed by atoms with Gasteiger partial charge in [-0.1, -0.05) is 31.2 Å². The lowest BCUT2D eigenvalue weighted by atomic mass is 10.1. The van der Waals surface area contributed by atoms with Gasteiger partial charge in [0.25, 0.3) is 0 Å². The van der Waals surface area contributed by atoms with E-state index >= 15 is 0 Å². The molecule has 2 N–H and O–H groups in total. The van der Waals surface area contributed by atoms with Crippen molar-refractivity contribution in [1.29, 1.82) is 0 Å². The molecule has 0 aliphatic carbocycles. The summed E-state index contributed by atoms with van der Waals surface area (Å²) in [4.78, 5) is 11.8. The van der Waals surface area contributed by atoms with Gasteiger partial charge in [-0.2, -0.15) is 0 Å². The van der Waals surface area contributed by atoms with Gasteiger partial charge in [0.05, 0.1) is 0 Å². The zero-order valence-electron chi connectivity index (χ0n) is 9.98. The first kappa shape index (κ1) is 12.7. The van der Waals surface area contributed by atoms with Crippen LogP contribution in [-0.4, -0.2) is 16.9 Å². The fourth-order valence-corrected chi connectivity index (χ4v) is 1.87. The number of carbonyl (C=O) groups is 1. The Balaban J connectivity index is 2.40. The van der Waals surface area contributed by atoms with Crippen molar-refractivity contribution < 1.29 is 9.90 Å². The van der Waals surface area contributed by atoms with E-state index in [2.05, 4.69) is 5.32 Å². The van der Waals surface area contributed by atoms with Crippen LogP contribution in [0.15, 0.2) is 36.4 Å². The molecule has 2 rings (SSSR count). The number of carbonyl (C=O) groups excluding carboxylic acids is 1. The number of phenolic OH excluding ortho intramolecular Hbond substituents is 1. The van der Waals surface area contributed by atoms with E-state index in [-0.39, 0.29) is 23.5 Å². The minimum Gasteiger partial charge on any atom is -0.507 e. The average molecular weight is 264 g/mol. The van der Waals surface area contributed by atoms with Crippen LogP contribution in [0.2, 0.25) is 0 Å². The number of aromatic hydroxyl groups is 1. The number of alkyl halides is 1. The van der Waals surface area contributed by atoms with E-state index in [1.54, 1.807) is 31.2 Å². The Morgan fingerprint density at radius 1 is 1.28 bits per heavy atom. The summed E-state index contributed by atoms with van der Waals surface area (Å²) in [6, 6.07) is 10.6. The average Bonchev–Trinajstić information content (AvgIpc) is 2.39. The molecule has 18 heavy (non-hydrogen) atoms. The van der Waals surface area contributed by atoms with Crippen LogP contribution in [0.4, 0.5) is 5.69 Å². The first-order valence-electron chi connectivity index (χ1n) is 5.71. The van der Waals surface area contributed by atoms with E-state index in [9.17, 15) is 9.90 Å². The summed E-state index contributed by atoms with van der Waals surface area (Å²) < 4.78 is 0. The van der Waals surface area contributed by atoms with Crippen molar-refractivity contribution >= 4 is 34.0 Å². The van der Waals surface area contributed by atoms with Crippen LogP contribution < -0.4 is 5.32 Å². The molecule has 2 aromatic carbocycles. The van der Waals surface area contributed by atoms with Gasteiger partial charge in [-0.25, -0.2) is 0 Å². The van der Waals surface area contributed by atoms with Gasteiger partial charge in [-0.05, 0) is 12.1 Å². The molecule has 0 fully saturated rings. The highest BCUT2D eigenvalue weighted by molar-refractivity contribution is 6.20. The maximum Gasteiger partial charge on any atom is 0.228 e. The summed E-state index contributed by atoms with van der Waals surface area (Å²) in [5.41, 5.74) is 0.686. The van der Waals surface area contributed by atoms with Crippen molar-refractivity contribution in [3.63, 3.8) is 0 Å². The summed E-state index contributed by atoms with van der Waals surface area (Å²) in [7, 11) is 0. The van der Waals surface area contributed by atoms with Gasteiger partial charge < -0.3 is 10.4 Å². The molecule has 94 valence electrons. The lowest BCUT2D eigenvalue weighted by Crippen LogP contribution is -2.21. The number of anilines is 1. The fraction of sp³-hybridized carbons (Fsp3) is 0.214. The number of nitrogens with one attached hydrogen (secondary N) is 1. The Bertz CT molecular complexity index is 583. The maximum atomic E-state index is 11.8. The number of phenols is 1. The molecule has 0 bridgehead atoms. The minimum absolute atomic E-state index is 0.124. The minimum atomic E-state index is -0.251. The molecule has 2 aromatic rings. The van der Waals surface area contributed by atoms with Crippen LogP contribution in [0, 0.1) is 5.92 Å². The topological polar surface area (TPSA) is 49.3 Å². The Morgan fingerprint density at radius 2 is 1.94 bits per heavy atom. The number of hydrogen-bond donors (Lipinski definition) is 2. The van der Waals surface area contributed by atoms with Gasteiger partial charge in [0.2, 0.25) is 5.91 Å². The van der Waals surface area contributed by atoms with E-state index < -0.39 is 0 Å². The largest absolute Gasteiger partial charge is 0.507 e. The molecule has 4 heteroatoms. The Kier molecular flexibility index (Phi) is 3.72. The van der Waals surface area contributed by atoms with Crippen molar-refractivity contribution in [2.45, 2.75) is 6.92 Å². The van der Waals surface area contributed by atoms with Crippen molar-refractivity contribution in [3.8, 4) is 5.75 Å². The van der Waals surface area contributed by atoms with Crippen LogP contribution >= 0.6 is 11.6 Å². The Labute approximate surface area is 110 Å². The summed E-state index contributed by atoms with van der Waals surface area (Å²) >= 11 is 5.66. The standard InChI is InChI=1S/C14H14ClNO2/c1-9(8-15)14(18)16-12-6-2-5-11-10(12)4-3-7-13(11)17/h2-7,9,17H,8H2,1H3,(H,16,18). The molecular formula is C14H14ClNO2. The molecule has 1 atom stereocenters. The van der Waals surface area contributed by atoms with Gasteiger partial charge in [0, 0.05) is 28.3 Å². The predicted octanol–water partition coefficient (Wildman–Crippen LogP) is 3.36. The van der Waals surface area contributed by atoms with E-state index in [0.717, 1.165) is 5.39 Å². The SMILES string of the molecule is CC(CCl)C(=O)Nc1cccc2c(O)cccc12. The van der Waals surface area contributed by atoms with Crippen molar-refractivity contribution in [3.05, 3.63) is 36.4 Å². The summed E-state index contributed by atoms with van der Waals surface area (Å²) in [5.74, 6) is 0.107. The second kappa shape index (κ2) is 5.27. The second-order valence-electron chi connectivity index (χ2n) is 4.22. The van der Waals surface area contributed by atoms with Crippen molar-refractivity contribution in [2.75, 3.05) is 11.2 Å². The number of amides is 1. The third-order valence-corrected chi connectivity index (χ3v) is 3.30. The van der Waals surface area contributed by atoms with Gasteiger partial charge in [-0.15, -0.1) is 11.6 Å². The van der Waals surface area contributed by atoms with E-state index in [1.165, 1.54) is 0 Å². The summed E-state index contributed by atoms with van der Waals surface area (Å²) in [5, 5.41) is 14.1. The van der Waals surface area contributed by atoms with Crippen molar-refractivity contribution in [2.24, 2.45) is 5.92 Å². The highest BCUT2D eigenvalue weighted by atomic mass is 35.5. The molecular weight excluding hydrogens is 250 g/mol. The van der Waals surface area contributed by atoms with Crippen LogP contribution in [0.1, 0.15) is 6.92 Å². The Morgan fingerprint density at radius 3 is 2.67 bits per heavy atom. The lowest BCUT2D eigenvalue weighted by Gasteiger charge is -2.12. The van der Waals surface area contributed by atoms with Gasteiger partial charge in [0.15, 0.2) is 0 Å². The third-order valence-electron chi connectivity index (χ3n) is 2.84. The number of rotatable bonds is 3. The highest BCUT2D eigenvalue weighted by Gasteiger charge is 2.13. The molecule has 3 nitrogen and oxygen atoms in total. The Hall–Kier alpha value is -1.74. The highest BCUT2D eigenvalue weighted by Crippen LogP contribution is 2.29. The van der Waals surface area contributed by atoms with E-state index in [4.69, 9.17) is 11.6 Å². The van der Waals surface area contributed by atoms with Crippen molar-refractivity contribution in [1.82, 2.24) is 0 Å². The quantitative estimate of drug-likeness (QED) is 0.835. The van der Waals surface area contributed by atoms with E-state index in [0.29, 0.717) is 11.1 Å². The zero-order valence-corrected chi connectivity index (χ0v) is 10.7. The maximum absolute atomic E-state index is 11.8. The fourth-order valence-electron chi connectivity index (χ4n) is 1.73. The number of benzene rings is 2. The molecule has 0 saturated heterocycles. The molecule has 1 amide bonds. The first-order valence-corrected chi connectivity index (χ1v) is 6.24. The zero-order chi connectivity index (χ0) is 13.1. The number of halogens is 1. The first-order chi connectivity index (χ1) is 8.63. The van der Waals surface area contributed by atoms with Crippen LogP contribution in [-0.2, 0) is 4.79 Å². The van der Waals surface area contributed by atoms with E-state index in [1.807, 2.05) is 12.1 Å². The normalized spacial score (nSPS) is 12.3. The smallest absolute Gasteiger partial charge is 0.228 e. The summed E-state index contributed by atoms with van der Waals surface area (Å²) in [6.07, 6.45) is 0. The summed E-state index contributed by atoms with van der Waals surface area (Å²) in [6.45, 7) is 1.77. The molecule has 0 saturated carbocycles. The van der Waals surface area contributed by atoms with Gasteiger partial charge in [-0.3, -0.25) is 4.79 Å². The monoisotopic (exact) mass is 263 g/mol. The molecule has 0 aliphatic rings. The van der Waals surface area contributed by atoms with Gasteiger partial charge in [0.1, 0.15) is 5.75 Å². The van der Waals surface area contributed by atoms with Crippen LogP contribution in [0.25, 0.3) is 10.8 Å². The number of fused-ring (bicyclic) bond motifs is 1. The predicted molar refractivity (Wildman–Crippen MR) is 74.1 cm³/mol. The molecule has 0 spiro atoms. The number of hydrogen-bond acceptors (Lipinski definition) is 2. The van der Waals surface area contributed by atoms with Crippen LogP contribution in [0.3, 0.4) is 0 Å². The molecule has 0 radical (unpaired) electrons. The van der Waals surface area contributed by atoms with Gasteiger partial charge >= 0.3 is 0 Å². The molecule has 0 heterocycles. The molecule has 1 unspecified atom stereocenters. The van der Waals surface area contributed by atoms with Crippen LogP contribution in [0.5, 0.6) is 5.75 Å². The second-order valence-corrected chi connectivity index (χ2v) is 4.53. The molecule has 0 aliphatic heterocycles. The lowest BCUT2D eigenvalue weighted by molar-refractivity contribution is -0.118. The molecule has 0 aromatic heterocycles. The third kappa shape index (κ3) is 2.41.